The van der Waals surface area contributed by atoms with Crippen LogP contribution in [0.4, 0.5) is 0 Å². The third-order valence-electron chi connectivity index (χ3n) is 6.88. The van der Waals surface area contributed by atoms with Gasteiger partial charge in [0.1, 0.15) is 0 Å². The fourth-order valence-electron chi connectivity index (χ4n) is 5.06. The Labute approximate surface area is 205 Å². The zero-order valence-electron chi connectivity index (χ0n) is 19.6. The number of hydrogen-bond acceptors (Lipinski definition) is 4. The van der Waals surface area contributed by atoms with Crippen molar-refractivity contribution < 1.29 is 9.59 Å². The smallest absolute Gasteiger partial charge is 0.254 e. The summed E-state index contributed by atoms with van der Waals surface area (Å²) in [7, 11) is 0. The van der Waals surface area contributed by atoms with Gasteiger partial charge in [-0.05, 0) is 48.6 Å². The van der Waals surface area contributed by atoms with Crippen LogP contribution in [-0.4, -0.2) is 40.2 Å². The van der Waals surface area contributed by atoms with E-state index in [0.29, 0.717) is 30.5 Å². The quantitative estimate of drug-likeness (QED) is 0.383. The second-order valence-corrected chi connectivity index (χ2v) is 9.20. The standard InChI is InChI=1S/C30H29N3O2/c31-23-15-16-24(17-18-28(34)27-14-6-10-22-11-7-19-32-29(22)27)33(20-23)30(35)26-13-5-4-12-25(26)21-8-2-1-3-9-21/h1-14,19,23-24H,15-18,20,31H2. The highest BCUT2D eigenvalue weighted by Gasteiger charge is 2.32. The number of ketones is 1. The number of carbonyl (C=O) groups is 2. The Hall–Kier alpha value is -3.83. The molecule has 5 rings (SSSR count). The molecule has 1 aliphatic rings. The van der Waals surface area contributed by atoms with Gasteiger partial charge >= 0.3 is 0 Å². The number of aromatic nitrogens is 1. The zero-order valence-corrected chi connectivity index (χ0v) is 19.6. The number of amides is 1. The van der Waals surface area contributed by atoms with Crippen LogP contribution in [0.3, 0.4) is 0 Å². The number of para-hydroxylation sites is 1. The van der Waals surface area contributed by atoms with Crippen LogP contribution in [0.15, 0.2) is 91.1 Å². The summed E-state index contributed by atoms with van der Waals surface area (Å²) < 4.78 is 0. The van der Waals surface area contributed by atoms with Crippen molar-refractivity contribution in [3.05, 3.63) is 102 Å². The van der Waals surface area contributed by atoms with Crippen LogP contribution in [0.1, 0.15) is 46.4 Å². The van der Waals surface area contributed by atoms with Crippen LogP contribution in [0, 0.1) is 0 Å². The first kappa shape index (κ1) is 22.9. The second-order valence-electron chi connectivity index (χ2n) is 9.20. The summed E-state index contributed by atoms with van der Waals surface area (Å²) in [6.07, 6.45) is 4.32. The minimum absolute atomic E-state index is 0.0242. The molecule has 4 aromatic rings. The lowest BCUT2D eigenvalue weighted by Crippen LogP contribution is -2.51. The molecule has 0 bridgehead atoms. The number of nitrogens with zero attached hydrogens (tertiary/aromatic N) is 2. The van der Waals surface area contributed by atoms with Gasteiger partial charge in [-0.2, -0.15) is 0 Å². The number of hydrogen-bond donors (Lipinski definition) is 1. The predicted octanol–water partition coefficient (Wildman–Crippen LogP) is 5.50. The third kappa shape index (κ3) is 4.86. The lowest BCUT2D eigenvalue weighted by Gasteiger charge is -2.39. The minimum atomic E-state index is -0.0583. The molecule has 1 fully saturated rings. The Morgan fingerprint density at radius 1 is 0.857 bits per heavy atom. The van der Waals surface area contributed by atoms with Crippen LogP contribution in [0.5, 0.6) is 0 Å². The van der Waals surface area contributed by atoms with Crippen molar-refractivity contribution in [3.8, 4) is 11.1 Å². The van der Waals surface area contributed by atoms with Crippen molar-refractivity contribution >= 4 is 22.6 Å². The van der Waals surface area contributed by atoms with E-state index in [4.69, 9.17) is 5.73 Å². The molecule has 0 spiro atoms. The molecule has 1 amide bonds. The SMILES string of the molecule is NC1CCC(CCC(=O)c2cccc3cccnc23)N(C(=O)c2ccccc2-c2ccccc2)C1. The van der Waals surface area contributed by atoms with E-state index < -0.39 is 0 Å². The number of piperidine rings is 1. The number of Topliss-reactive ketones (excluding diaryl/α,β-unsaturated/α-hetero) is 1. The summed E-state index contributed by atoms with van der Waals surface area (Å²) in [5.41, 5.74) is 10.3. The molecule has 2 unspecified atom stereocenters. The Morgan fingerprint density at radius 2 is 1.60 bits per heavy atom. The van der Waals surface area contributed by atoms with Crippen molar-refractivity contribution in [2.45, 2.75) is 37.8 Å². The molecular formula is C30H29N3O2. The number of nitrogens with two attached hydrogens (primary N) is 1. The molecule has 0 radical (unpaired) electrons. The van der Waals surface area contributed by atoms with E-state index in [1.165, 1.54) is 0 Å². The molecule has 5 heteroatoms. The highest BCUT2D eigenvalue weighted by Crippen LogP contribution is 2.29. The molecule has 0 aliphatic carbocycles. The van der Waals surface area contributed by atoms with Crippen LogP contribution >= 0.6 is 0 Å². The molecule has 2 atom stereocenters. The van der Waals surface area contributed by atoms with Crippen molar-refractivity contribution in [1.29, 1.82) is 0 Å². The fourth-order valence-corrected chi connectivity index (χ4v) is 5.06. The van der Waals surface area contributed by atoms with E-state index in [2.05, 4.69) is 4.98 Å². The zero-order chi connectivity index (χ0) is 24.2. The number of rotatable bonds is 6. The highest BCUT2D eigenvalue weighted by atomic mass is 16.2. The van der Waals surface area contributed by atoms with Gasteiger partial charge in [0, 0.05) is 47.8 Å². The van der Waals surface area contributed by atoms with E-state index in [1.54, 1.807) is 6.20 Å². The summed E-state index contributed by atoms with van der Waals surface area (Å²) in [6, 6.07) is 27.1. The van der Waals surface area contributed by atoms with Crippen molar-refractivity contribution in [1.82, 2.24) is 9.88 Å². The van der Waals surface area contributed by atoms with Gasteiger partial charge in [0.2, 0.25) is 0 Å². The Kier molecular flexibility index (Phi) is 6.68. The number of fused-ring (bicyclic) bond motifs is 1. The van der Waals surface area contributed by atoms with E-state index in [-0.39, 0.29) is 23.8 Å². The third-order valence-corrected chi connectivity index (χ3v) is 6.88. The van der Waals surface area contributed by atoms with Crippen molar-refractivity contribution in [2.75, 3.05) is 6.54 Å². The molecule has 3 aromatic carbocycles. The molecule has 2 heterocycles. The van der Waals surface area contributed by atoms with Gasteiger partial charge in [-0.1, -0.05) is 66.7 Å². The molecule has 1 aliphatic heterocycles. The average molecular weight is 464 g/mol. The molecule has 1 aromatic heterocycles. The maximum atomic E-state index is 13.8. The average Bonchev–Trinajstić information content (AvgIpc) is 2.92. The second kappa shape index (κ2) is 10.2. The van der Waals surface area contributed by atoms with Gasteiger partial charge < -0.3 is 10.6 Å². The van der Waals surface area contributed by atoms with Crippen LogP contribution in [-0.2, 0) is 0 Å². The van der Waals surface area contributed by atoms with Gasteiger partial charge in [0.15, 0.2) is 5.78 Å². The van der Waals surface area contributed by atoms with Crippen LogP contribution in [0.25, 0.3) is 22.0 Å². The summed E-state index contributed by atoms with van der Waals surface area (Å²) in [4.78, 5) is 33.3. The van der Waals surface area contributed by atoms with Gasteiger partial charge in [-0.15, -0.1) is 0 Å². The van der Waals surface area contributed by atoms with Crippen LogP contribution in [0.2, 0.25) is 0 Å². The maximum absolute atomic E-state index is 13.8. The largest absolute Gasteiger partial charge is 0.334 e. The summed E-state index contributed by atoms with van der Waals surface area (Å²) in [5, 5.41) is 0.955. The number of benzene rings is 3. The first-order valence-corrected chi connectivity index (χ1v) is 12.2. The molecule has 0 saturated carbocycles. The van der Waals surface area contributed by atoms with Crippen LogP contribution < -0.4 is 5.73 Å². The van der Waals surface area contributed by atoms with Gasteiger partial charge in [-0.25, -0.2) is 0 Å². The number of pyridine rings is 1. The molecule has 2 N–H and O–H groups in total. The first-order valence-electron chi connectivity index (χ1n) is 12.2. The monoisotopic (exact) mass is 463 g/mol. The maximum Gasteiger partial charge on any atom is 0.254 e. The molecule has 176 valence electrons. The molecule has 5 nitrogen and oxygen atoms in total. The predicted molar refractivity (Wildman–Crippen MR) is 139 cm³/mol. The van der Waals surface area contributed by atoms with E-state index in [1.807, 2.05) is 89.8 Å². The van der Waals surface area contributed by atoms with E-state index in [0.717, 1.165) is 34.9 Å². The summed E-state index contributed by atoms with van der Waals surface area (Å²) in [6.45, 7) is 0.497. The molecule has 1 saturated heterocycles. The highest BCUT2D eigenvalue weighted by molar-refractivity contribution is 6.06. The number of likely N-dealkylation sites (tertiary alicyclic amines) is 1. The lowest BCUT2D eigenvalue weighted by molar-refractivity contribution is 0.0566. The Balaban J connectivity index is 1.37. The minimum Gasteiger partial charge on any atom is -0.334 e. The molecular weight excluding hydrogens is 434 g/mol. The summed E-state index contributed by atoms with van der Waals surface area (Å²) >= 11 is 0. The van der Waals surface area contributed by atoms with Gasteiger partial charge in [-0.3, -0.25) is 14.6 Å². The van der Waals surface area contributed by atoms with Crippen molar-refractivity contribution in [3.63, 3.8) is 0 Å². The van der Waals surface area contributed by atoms with E-state index in [9.17, 15) is 9.59 Å². The number of carbonyl (C=O) groups excluding carboxylic acids is 2. The van der Waals surface area contributed by atoms with Gasteiger partial charge in [0.25, 0.3) is 5.91 Å². The summed E-state index contributed by atoms with van der Waals surface area (Å²) in [5.74, 6) is 0.0325. The van der Waals surface area contributed by atoms with Crippen molar-refractivity contribution in [2.24, 2.45) is 5.73 Å². The van der Waals surface area contributed by atoms with E-state index >= 15 is 0 Å². The lowest BCUT2D eigenvalue weighted by atomic mass is 9.91. The normalized spacial score (nSPS) is 17.9. The Morgan fingerprint density at radius 3 is 2.46 bits per heavy atom. The Bertz CT molecular complexity index is 1350. The molecule has 35 heavy (non-hydrogen) atoms. The topological polar surface area (TPSA) is 76.3 Å². The fraction of sp³-hybridized carbons (Fsp3) is 0.233. The first-order chi connectivity index (χ1) is 17.1. The van der Waals surface area contributed by atoms with Gasteiger partial charge in [0.05, 0.1) is 5.52 Å².